The quantitative estimate of drug-likeness (QED) is 0.427. The predicted octanol–water partition coefficient (Wildman–Crippen LogP) is 5.68. The molecule has 3 aromatic carbocycles. The largest absolute Gasteiger partial charge is 0.352 e. The molecule has 178 valence electrons. The van der Waals surface area contributed by atoms with Crippen LogP contribution in [0.15, 0.2) is 72.8 Å². The Morgan fingerprint density at radius 2 is 1.62 bits per heavy atom. The van der Waals surface area contributed by atoms with Gasteiger partial charge in [0.05, 0.1) is 0 Å². The number of carbonyl (C=O) groups excluding carboxylic acids is 2. The van der Waals surface area contributed by atoms with Crippen molar-refractivity contribution in [2.45, 2.75) is 70.4 Å². The molecule has 0 unspecified atom stereocenters. The maximum atomic E-state index is 13.6. The van der Waals surface area contributed by atoms with E-state index in [0.717, 1.165) is 19.3 Å². The highest BCUT2D eigenvalue weighted by molar-refractivity contribution is 5.89. The van der Waals surface area contributed by atoms with E-state index in [9.17, 15) is 9.59 Å². The summed E-state index contributed by atoms with van der Waals surface area (Å²) in [4.78, 5) is 28.6. The Morgan fingerprint density at radius 3 is 2.38 bits per heavy atom. The highest BCUT2D eigenvalue weighted by Crippen LogP contribution is 2.22. The van der Waals surface area contributed by atoms with E-state index in [1.165, 1.54) is 34.7 Å². The van der Waals surface area contributed by atoms with E-state index in [0.29, 0.717) is 25.8 Å². The second-order valence-corrected chi connectivity index (χ2v) is 9.38. The zero-order valence-electron chi connectivity index (χ0n) is 20.2. The van der Waals surface area contributed by atoms with Gasteiger partial charge in [-0.1, -0.05) is 92.6 Å². The molecule has 4 nitrogen and oxygen atoms in total. The molecule has 1 fully saturated rings. The van der Waals surface area contributed by atoms with Crippen LogP contribution in [0.2, 0.25) is 0 Å². The highest BCUT2D eigenvalue weighted by atomic mass is 16.2. The van der Waals surface area contributed by atoms with Crippen molar-refractivity contribution in [2.75, 3.05) is 6.54 Å². The number of nitrogens with one attached hydrogen (secondary N) is 1. The van der Waals surface area contributed by atoms with Crippen molar-refractivity contribution in [3.63, 3.8) is 0 Å². The number of hydrogen-bond donors (Lipinski definition) is 1. The maximum absolute atomic E-state index is 13.6. The van der Waals surface area contributed by atoms with E-state index in [2.05, 4.69) is 47.8 Å². The zero-order valence-corrected chi connectivity index (χ0v) is 20.2. The molecule has 4 rings (SSSR count). The average molecular weight is 457 g/mol. The van der Waals surface area contributed by atoms with Crippen LogP contribution in [0.5, 0.6) is 0 Å². The van der Waals surface area contributed by atoms with Gasteiger partial charge in [-0.05, 0) is 54.0 Å². The molecule has 1 aliphatic carbocycles. The van der Waals surface area contributed by atoms with E-state index < -0.39 is 6.04 Å². The van der Waals surface area contributed by atoms with Crippen LogP contribution in [0.25, 0.3) is 10.8 Å². The molecule has 0 spiro atoms. The van der Waals surface area contributed by atoms with Gasteiger partial charge in [0.25, 0.3) is 0 Å². The number of carbonyl (C=O) groups is 2. The summed E-state index contributed by atoms with van der Waals surface area (Å²) in [5.41, 5.74) is 2.36. The monoisotopic (exact) mass is 456 g/mol. The Labute approximate surface area is 203 Å². The zero-order chi connectivity index (χ0) is 23.8. The second-order valence-electron chi connectivity index (χ2n) is 9.38. The van der Waals surface area contributed by atoms with Crippen molar-refractivity contribution in [3.8, 4) is 0 Å². The molecule has 0 aliphatic heterocycles. The van der Waals surface area contributed by atoms with Gasteiger partial charge in [0.15, 0.2) is 0 Å². The van der Waals surface area contributed by atoms with Crippen LogP contribution in [-0.2, 0) is 22.4 Å². The van der Waals surface area contributed by atoms with Crippen LogP contribution in [0.1, 0.15) is 56.6 Å². The lowest BCUT2D eigenvalue weighted by molar-refractivity contribution is -0.141. The Kier molecular flexibility index (Phi) is 8.35. The van der Waals surface area contributed by atoms with Crippen LogP contribution in [0.4, 0.5) is 0 Å². The van der Waals surface area contributed by atoms with Crippen molar-refractivity contribution in [1.82, 2.24) is 10.2 Å². The minimum atomic E-state index is -0.427. The molecule has 2 amide bonds. The molecule has 0 saturated heterocycles. The number of nitrogens with zero attached hydrogens (tertiary/aromatic N) is 1. The summed E-state index contributed by atoms with van der Waals surface area (Å²) in [6.45, 7) is 2.56. The van der Waals surface area contributed by atoms with Gasteiger partial charge >= 0.3 is 0 Å². The normalized spacial score (nSPS) is 14.7. The van der Waals surface area contributed by atoms with E-state index in [1.54, 1.807) is 0 Å². The van der Waals surface area contributed by atoms with E-state index in [1.807, 2.05) is 42.2 Å². The van der Waals surface area contributed by atoms with Gasteiger partial charge in [-0.15, -0.1) is 0 Å². The predicted molar refractivity (Wildman–Crippen MR) is 139 cm³/mol. The third-order valence-electron chi connectivity index (χ3n) is 7.06. The molecule has 3 aromatic rings. The van der Waals surface area contributed by atoms with Crippen molar-refractivity contribution < 1.29 is 9.59 Å². The maximum Gasteiger partial charge on any atom is 0.243 e. The topological polar surface area (TPSA) is 49.4 Å². The van der Waals surface area contributed by atoms with Gasteiger partial charge in [-0.2, -0.15) is 0 Å². The molecule has 1 atom stereocenters. The molecule has 0 radical (unpaired) electrons. The first-order chi connectivity index (χ1) is 16.7. The minimum absolute atomic E-state index is 0.000901. The molecule has 0 bridgehead atoms. The first-order valence-electron chi connectivity index (χ1n) is 12.8. The highest BCUT2D eigenvalue weighted by Gasteiger charge is 2.30. The van der Waals surface area contributed by atoms with E-state index in [-0.39, 0.29) is 17.9 Å². The molecule has 0 heterocycles. The molecule has 4 heteroatoms. The molecule has 0 aromatic heterocycles. The number of aryl methyl sites for hydroxylation is 1. The van der Waals surface area contributed by atoms with Crippen LogP contribution >= 0.6 is 0 Å². The molecule has 1 N–H and O–H groups in total. The van der Waals surface area contributed by atoms with Crippen LogP contribution in [0.3, 0.4) is 0 Å². The van der Waals surface area contributed by atoms with Crippen molar-refractivity contribution >= 4 is 22.6 Å². The summed E-state index contributed by atoms with van der Waals surface area (Å²) >= 11 is 0. The lowest BCUT2D eigenvalue weighted by atomic mass is 10.00. The first kappa shape index (κ1) is 24.0. The average Bonchev–Trinajstić information content (AvgIpc) is 3.38. The fourth-order valence-electron chi connectivity index (χ4n) is 5.16. The first-order valence-corrected chi connectivity index (χ1v) is 12.8. The van der Waals surface area contributed by atoms with Gasteiger partial charge in [0, 0.05) is 19.0 Å². The van der Waals surface area contributed by atoms with Crippen molar-refractivity contribution in [2.24, 2.45) is 0 Å². The van der Waals surface area contributed by atoms with E-state index in [4.69, 9.17) is 0 Å². The Bertz CT molecular complexity index is 1080. The van der Waals surface area contributed by atoms with Crippen LogP contribution in [-0.4, -0.2) is 35.3 Å². The van der Waals surface area contributed by atoms with Crippen molar-refractivity contribution in [3.05, 3.63) is 83.9 Å². The molecule has 34 heavy (non-hydrogen) atoms. The van der Waals surface area contributed by atoms with Crippen molar-refractivity contribution in [1.29, 1.82) is 0 Å². The van der Waals surface area contributed by atoms with Gasteiger partial charge < -0.3 is 10.2 Å². The van der Waals surface area contributed by atoms with Gasteiger partial charge in [-0.25, -0.2) is 0 Å². The van der Waals surface area contributed by atoms with Crippen LogP contribution in [0, 0.1) is 0 Å². The number of benzene rings is 3. The molecule has 1 saturated carbocycles. The summed E-state index contributed by atoms with van der Waals surface area (Å²) in [6.07, 6.45) is 6.86. The van der Waals surface area contributed by atoms with Gasteiger partial charge in [0.2, 0.25) is 11.8 Å². The smallest absolute Gasteiger partial charge is 0.243 e. The van der Waals surface area contributed by atoms with E-state index >= 15 is 0 Å². The molecule has 1 aliphatic rings. The third-order valence-corrected chi connectivity index (χ3v) is 7.06. The summed E-state index contributed by atoms with van der Waals surface area (Å²) < 4.78 is 0. The Balaban J connectivity index is 1.49. The van der Waals surface area contributed by atoms with Crippen LogP contribution < -0.4 is 5.32 Å². The lowest BCUT2D eigenvalue weighted by Gasteiger charge is -2.31. The Morgan fingerprint density at radius 1 is 0.912 bits per heavy atom. The summed E-state index contributed by atoms with van der Waals surface area (Å²) in [5.74, 6) is 0.0539. The van der Waals surface area contributed by atoms with Gasteiger partial charge in [-0.3, -0.25) is 9.59 Å². The fourth-order valence-corrected chi connectivity index (χ4v) is 5.16. The third kappa shape index (κ3) is 6.05. The summed E-state index contributed by atoms with van der Waals surface area (Å²) in [5, 5.41) is 5.61. The minimum Gasteiger partial charge on any atom is -0.352 e. The molecular weight excluding hydrogens is 420 g/mol. The molecular formula is C30H36N2O2. The number of amides is 2. The lowest BCUT2D eigenvalue weighted by Crippen LogP contribution is -2.51. The van der Waals surface area contributed by atoms with Gasteiger partial charge in [0.1, 0.15) is 6.04 Å². The number of rotatable bonds is 10. The standard InChI is InChI=1S/C30H36N2O2/c1-2-28(30(34)31-26-16-7-8-17-26)32(22-21-23-11-4-3-5-12-23)29(33)20-19-25-15-10-14-24-13-6-9-18-27(24)25/h3-6,9-15,18,26,28H,2,7-8,16-17,19-22H2,1H3,(H,31,34)/t28-/m1/s1. The number of fused-ring (bicyclic) bond motifs is 1. The summed E-state index contributed by atoms with van der Waals surface area (Å²) in [7, 11) is 0. The second kappa shape index (κ2) is 11.8. The fraction of sp³-hybridized carbons (Fsp3) is 0.400. The summed E-state index contributed by atoms with van der Waals surface area (Å²) in [6, 6.07) is 24.6. The number of hydrogen-bond acceptors (Lipinski definition) is 2. The SMILES string of the molecule is CC[C@H](C(=O)NC1CCCC1)N(CCc1ccccc1)C(=O)CCc1cccc2ccccc12. The Hall–Kier alpha value is -3.14.